The Kier molecular flexibility index (Phi) is 5.51. The van der Waals surface area contributed by atoms with Crippen molar-refractivity contribution < 1.29 is 23.3 Å². The van der Waals surface area contributed by atoms with Crippen LogP contribution in [0.3, 0.4) is 0 Å². The van der Waals surface area contributed by atoms with Crippen molar-refractivity contribution in [2.45, 2.75) is 0 Å². The summed E-state index contributed by atoms with van der Waals surface area (Å²) < 4.78 is 33.5. The first-order valence-corrected chi connectivity index (χ1v) is 5.21. The maximum absolute atomic E-state index is 13.4. The lowest BCUT2D eigenvalue weighted by Crippen LogP contribution is -2.03. The lowest BCUT2D eigenvalue weighted by atomic mass is 10.3. The van der Waals surface area contributed by atoms with Gasteiger partial charge in [-0.2, -0.15) is 0 Å². The van der Waals surface area contributed by atoms with Crippen molar-refractivity contribution in [1.82, 2.24) is 0 Å². The van der Waals surface area contributed by atoms with Crippen molar-refractivity contribution in [3.05, 3.63) is 22.4 Å². The van der Waals surface area contributed by atoms with Gasteiger partial charge in [-0.25, -0.2) is 4.39 Å². The summed E-state index contributed by atoms with van der Waals surface area (Å²) in [5, 5.41) is 0. The smallest absolute Gasteiger partial charge is 0.188 e. The van der Waals surface area contributed by atoms with Crippen molar-refractivity contribution >= 4 is 15.9 Å². The van der Waals surface area contributed by atoms with Gasteiger partial charge in [-0.3, -0.25) is 0 Å². The molecule has 0 aliphatic heterocycles. The lowest BCUT2D eigenvalue weighted by Gasteiger charge is -2.11. The Morgan fingerprint density at radius 3 is 2.19 bits per heavy atom. The fourth-order valence-electron chi connectivity index (χ4n) is 0.977. The van der Waals surface area contributed by atoms with Gasteiger partial charge in [0.2, 0.25) is 0 Å². The maximum Gasteiger partial charge on any atom is 0.188 e. The van der Waals surface area contributed by atoms with E-state index < -0.39 is 5.82 Å². The SMILES string of the molecule is COCOc1cc(OCOC)c(Br)cc1F. The molecule has 0 heterocycles. The predicted molar refractivity (Wildman–Crippen MR) is 59.1 cm³/mol. The quantitative estimate of drug-likeness (QED) is 0.756. The topological polar surface area (TPSA) is 36.9 Å². The summed E-state index contributed by atoms with van der Waals surface area (Å²) in [7, 11) is 2.96. The summed E-state index contributed by atoms with van der Waals surface area (Å²) in [5.41, 5.74) is 0. The minimum Gasteiger partial charge on any atom is -0.466 e. The Hall–Kier alpha value is -0.850. The predicted octanol–water partition coefficient (Wildman–Crippen LogP) is 2.55. The molecule has 0 amide bonds. The van der Waals surface area contributed by atoms with Crippen LogP contribution >= 0.6 is 15.9 Å². The molecule has 1 aromatic carbocycles. The normalized spacial score (nSPS) is 10.2. The van der Waals surface area contributed by atoms with Crippen LogP contribution in [0, 0.1) is 5.82 Å². The van der Waals surface area contributed by atoms with Crippen molar-refractivity contribution in [2.75, 3.05) is 27.8 Å². The molecule has 16 heavy (non-hydrogen) atoms. The average Bonchev–Trinajstić information content (AvgIpc) is 2.26. The first kappa shape index (κ1) is 13.2. The second-order valence-electron chi connectivity index (χ2n) is 2.81. The van der Waals surface area contributed by atoms with Crippen molar-refractivity contribution in [3.63, 3.8) is 0 Å². The van der Waals surface area contributed by atoms with Gasteiger partial charge >= 0.3 is 0 Å². The van der Waals surface area contributed by atoms with Crippen LogP contribution in [0.15, 0.2) is 16.6 Å². The molecule has 90 valence electrons. The molecule has 0 N–H and O–H groups in total. The molecule has 0 unspecified atom stereocenters. The molecule has 0 spiro atoms. The molecule has 0 fully saturated rings. The van der Waals surface area contributed by atoms with Gasteiger partial charge in [0.05, 0.1) is 4.47 Å². The summed E-state index contributed by atoms with van der Waals surface area (Å²) in [6, 6.07) is 2.69. The summed E-state index contributed by atoms with van der Waals surface area (Å²) >= 11 is 3.17. The van der Waals surface area contributed by atoms with E-state index in [0.29, 0.717) is 10.2 Å². The van der Waals surface area contributed by atoms with Gasteiger partial charge in [0.15, 0.2) is 25.2 Å². The molecular weight excluding hydrogens is 283 g/mol. The number of ether oxygens (including phenoxy) is 4. The van der Waals surface area contributed by atoms with E-state index in [1.54, 1.807) is 0 Å². The third kappa shape index (κ3) is 3.62. The molecule has 1 aromatic rings. The van der Waals surface area contributed by atoms with E-state index in [2.05, 4.69) is 20.7 Å². The van der Waals surface area contributed by atoms with Crippen LogP contribution in [0.4, 0.5) is 4.39 Å². The molecule has 0 aliphatic carbocycles. The summed E-state index contributed by atoms with van der Waals surface area (Å²) in [5.74, 6) is 0.0131. The van der Waals surface area contributed by atoms with Gasteiger partial charge in [0, 0.05) is 20.3 Å². The second-order valence-corrected chi connectivity index (χ2v) is 3.67. The number of hydrogen-bond acceptors (Lipinski definition) is 4. The minimum absolute atomic E-state index is 0.0255. The van der Waals surface area contributed by atoms with Crippen LogP contribution in [-0.4, -0.2) is 27.8 Å². The third-order valence-corrected chi connectivity index (χ3v) is 2.27. The first-order valence-electron chi connectivity index (χ1n) is 4.41. The van der Waals surface area contributed by atoms with Crippen LogP contribution in [0.1, 0.15) is 0 Å². The van der Waals surface area contributed by atoms with E-state index in [1.807, 2.05) is 0 Å². The molecule has 0 radical (unpaired) electrons. The Morgan fingerprint density at radius 2 is 1.62 bits per heavy atom. The van der Waals surface area contributed by atoms with Gasteiger partial charge in [-0.05, 0) is 22.0 Å². The molecule has 0 aromatic heterocycles. The first-order chi connectivity index (χ1) is 7.69. The van der Waals surface area contributed by atoms with E-state index in [4.69, 9.17) is 14.2 Å². The van der Waals surface area contributed by atoms with Crippen LogP contribution in [0.25, 0.3) is 0 Å². The van der Waals surface area contributed by atoms with Crippen LogP contribution < -0.4 is 9.47 Å². The molecule has 0 saturated heterocycles. The van der Waals surface area contributed by atoms with Crippen LogP contribution in [-0.2, 0) is 9.47 Å². The van der Waals surface area contributed by atoms with Gasteiger partial charge in [-0.1, -0.05) is 0 Å². The number of rotatable bonds is 6. The van der Waals surface area contributed by atoms with Crippen molar-refractivity contribution in [1.29, 1.82) is 0 Å². The maximum atomic E-state index is 13.4. The van der Waals surface area contributed by atoms with E-state index in [0.717, 1.165) is 0 Å². The summed E-state index contributed by atoms with van der Waals surface area (Å²) in [6.07, 6.45) is 0. The zero-order valence-electron chi connectivity index (χ0n) is 8.96. The van der Waals surface area contributed by atoms with Crippen LogP contribution in [0.5, 0.6) is 11.5 Å². The molecule has 0 saturated carbocycles. The number of methoxy groups -OCH3 is 2. The average molecular weight is 295 g/mol. The molecular formula is C10H12BrFO4. The number of hydrogen-bond donors (Lipinski definition) is 0. The number of benzene rings is 1. The molecule has 0 aliphatic rings. The zero-order chi connectivity index (χ0) is 12.0. The fourth-order valence-corrected chi connectivity index (χ4v) is 1.41. The van der Waals surface area contributed by atoms with Crippen LogP contribution in [0.2, 0.25) is 0 Å². The highest BCUT2D eigenvalue weighted by Crippen LogP contribution is 2.32. The highest BCUT2D eigenvalue weighted by Gasteiger charge is 2.10. The molecule has 0 atom stereocenters. The zero-order valence-corrected chi connectivity index (χ0v) is 10.5. The van der Waals surface area contributed by atoms with E-state index >= 15 is 0 Å². The van der Waals surface area contributed by atoms with Crippen molar-refractivity contribution in [3.8, 4) is 11.5 Å². The Bertz CT molecular complexity index is 317. The minimum atomic E-state index is -0.492. The van der Waals surface area contributed by atoms with E-state index in [9.17, 15) is 4.39 Å². The molecule has 6 heteroatoms. The molecule has 1 rings (SSSR count). The van der Waals surface area contributed by atoms with Gasteiger partial charge in [-0.15, -0.1) is 0 Å². The summed E-state index contributed by atoms with van der Waals surface area (Å²) in [6.45, 7) is 0.0518. The summed E-state index contributed by atoms with van der Waals surface area (Å²) in [4.78, 5) is 0. The highest BCUT2D eigenvalue weighted by molar-refractivity contribution is 9.10. The Balaban J connectivity index is 2.83. The number of halogens is 2. The Labute approximate surface area is 101 Å². The highest BCUT2D eigenvalue weighted by atomic mass is 79.9. The fraction of sp³-hybridized carbons (Fsp3) is 0.400. The van der Waals surface area contributed by atoms with E-state index in [-0.39, 0.29) is 19.3 Å². The standard InChI is InChI=1S/C10H12BrFO4/c1-13-5-15-9-4-10(16-6-14-2)8(12)3-7(9)11/h3-4H,5-6H2,1-2H3. The van der Waals surface area contributed by atoms with Crippen molar-refractivity contribution in [2.24, 2.45) is 0 Å². The largest absolute Gasteiger partial charge is 0.466 e. The van der Waals surface area contributed by atoms with Gasteiger partial charge in [0.1, 0.15) is 5.75 Å². The van der Waals surface area contributed by atoms with Gasteiger partial charge in [0.25, 0.3) is 0 Å². The van der Waals surface area contributed by atoms with Gasteiger partial charge < -0.3 is 18.9 Å². The lowest BCUT2D eigenvalue weighted by molar-refractivity contribution is 0.0437. The monoisotopic (exact) mass is 294 g/mol. The molecule has 4 nitrogen and oxygen atoms in total. The third-order valence-electron chi connectivity index (χ3n) is 1.65. The molecule has 0 bridgehead atoms. The second kappa shape index (κ2) is 6.67. The Morgan fingerprint density at radius 1 is 1.06 bits per heavy atom. The van der Waals surface area contributed by atoms with E-state index in [1.165, 1.54) is 26.4 Å².